The van der Waals surface area contributed by atoms with Gasteiger partial charge in [-0.15, -0.1) is 0 Å². The van der Waals surface area contributed by atoms with Gasteiger partial charge < -0.3 is 14.0 Å². The molecular formula is C68H57N3SSi. The number of hydrogen-bond acceptors (Lipinski definition) is 2. The molecule has 3 nitrogen and oxygen atoms in total. The average molecular weight is 976 g/mol. The number of fused-ring (bicyclic) bond motifs is 8. The molecule has 73 heavy (non-hydrogen) atoms. The molecule has 1 aliphatic heterocycles. The first kappa shape index (κ1) is 45.1. The van der Waals surface area contributed by atoms with E-state index in [0.717, 1.165) is 17.1 Å². The van der Waals surface area contributed by atoms with E-state index in [2.05, 4.69) is 292 Å². The molecular weight excluding hydrogens is 919 g/mol. The lowest BCUT2D eigenvalue weighted by atomic mass is 9.85. The van der Waals surface area contributed by atoms with E-state index in [9.17, 15) is 0 Å². The Balaban J connectivity index is 1.05. The molecule has 3 heterocycles. The van der Waals surface area contributed by atoms with E-state index in [1.807, 2.05) is 11.8 Å². The van der Waals surface area contributed by atoms with Gasteiger partial charge in [-0.3, -0.25) is 0 Å². The highest BCUT2D eigenvalue weighted by atomic mass is 32.2. The van der Waals surface area contributed by atoms with Gasteiger partial charge in [-0.25, -0.2) is 0 Å². The zero-order valence-corrected chi connectivity index (χ0v) is 44.1. The highest BCUT2D eigenvalue weighted by Gasteiger charge is 2.42. The summed E-state index contributed by atoms with van der Waals surface area (Å²) in [5.41, 5.74) is 13.3. The molecule has 0 amide bonds. The van der Waals surface area contributed by atoms with Crippen molar-refractivity contribution in [2.45, 2.75) is 62.2 Å². The summed E-state index contributed by atoms with van der Waals surface area (Å²) >= 11 is 1.88. The van der Waals surface area contributed by atoms with Gasteiger partial charge in [-0.1, -0.05) is 205 Å². The molecule has 354 valence electrons. The van der Waals surface area contributed by atoms with Gasteiger partial charge in [0, 0.05) is 48.4 Å². The Kier molecular flexibility index (Phi) is 10.6. The lowest BCUT2D eigenvalue weighted by Crippen LogP contribution is -2.74. The fourth-order valence-corrected chi connectivity index (χ4v) is 17.6. The number of aromatic nitrogens is 2. The van der Waals surface area contributed by atoms with Crippen molar-refractivity contribution in [1.82, 2.24) is 9.13 Å². The molecule has 0 spiro atoms. The van der Waals surface area contributed by atoms with Gasteiger partial charge in [-0.05, 0) is 128 Å². The summed E-state index contributed by atoms with van der Waals surface area (Å²) in [6.45, 7) is 13.9. The molecule has 0 atom stereocenters. The number of benzene rings is 10. The summed E-state index contributed by atoms with van der Waals surface area (Å²) in [4.78, 5) is 4.94. The Morgan fingerprint density at radius 2 is 0.712 bits per heavy atom. The molecule has 10 aromatic carbocycles. The first-order chi connectivity index (χ1) is 35.5. The van der Waals surface area contributed by atoms with Crippen molar-refractivity contribution in [2.75, 3.05) is 4.90 Å². The maximum absolute atomic E-state index is 2.84. The molecule has 5 heteroatoms. The summed E-state index contributed by atoms with van der Waals surface area (Å²) in [5.74, 6) is 0. The van der Waals surface area contributed by atoms with Crippen LogP contribution < -0.4 is 25.6 Å². The zero-order valence-electron chi connectivity index (χ0n) is 42.3. The van der Waals surface area contributed by atoms with Crippen LogP contribution in [0.4, 0.5) is 17.1 Å². The molecule has 0 unspecified atom stereocenters. The maximum Gasteiger partial charge on any atom is 0.179 e. The second-order valence-corrected chi connectivity index (χ2v) is 26.7. The van der Waals surface area contributed by atoms with Crippen LogP contribution >= 0.6 is 11.8 Å². The van der Waals surface area contributed by atoms with Crippen LogP contribution in [0.3, 0.4) is 0 Å². The predicted molar refractivity (Wildman–Crippen MR) is 315 cm³/mol. The van der Waals surface area contributed by atoms with Crippen molar-refractivity contribution in [2.24, 2.45) is 0 Å². The standard InChI is InChI=1S/C68H57N3SSi/c1-67(2,3)46-33-37-61-57(41-46)58-42-47(68(4,5)6)34-38-62(58)70(61)50-36-40-64-66(45-50)72-65-44-49(69-59-31-18-16-29-55(59)56-30-17-19-32-60(56)69)35-39-63(65)71(64)48-21-20-28-54(43-48)73(51-22-10-7-11-23-51,52-24-12-8-13-25-52)53-26-14-9-15-27-53/h7-45H,1-6H3. The molecule has 0 N–H and O–H groups in total. The summed E-state index contributed by atoms with van der Waals surface area (Å²) in [5, 5.41) is 10.5. The van der Waals surface area contributed by atoms with Crippen molar-refractivity contribution in [3.05, 3.63) is 248 Å². The van der Waals surface area contributed by atoms with Crippen LogP contribution in [0.2, 0.25) is 0 Å². The van der Waals surface area contributed by atoms with Gasteiger partial charge in [0.25, 0.3) is 0 Å². The average Bonchev–Trinajstić information content (AvgIpc) is 3.93. The minimum atomic E-state index is -2.84. The highest BCUT2D eigenvalue weighted by molar-refractivity contribution is 7.99. The number of hydrogen-bond donors (Lipinski definition) is 0. The molecule has 0 saturated heterocycles. The van der Waals surface area contributed by atoms with Gasteiger partial charge >= 0.3 is 0 Å². The Morgan fingerprint density at radius 1 is 0.315 bits per heavy atom. The topological polar surface area (TPSA) is 13.1 Å². The lowest BCUT2D eigenvalue weighted by molar-refractivity contribution is 0.590. The van der Waals surface area contributed by atoms with E-state index in [0.29, 0.717) is 0 Å². The largest absolute Gasteiger partial charge is 0.309 e. The SMILES string of the molecule is CC(C)(C)c1ccc2c(c1)c1cc(C(C)(C)C)ccc1n2-c1ccc2c(c1)Sc1cc(-n3c4ccccc4c4ccccc43)ccc1N2c1cccc([Si](c2ccccc2)(c2ccccc2)c2ccccc2)c1. The minimum Gasteiger partial charge on any atom is -0.309 e. The van der Waals surface area contributed by atoms with Crippen LogP contribution in [0, 0.1) is 0 Å². The number of nitrogens with zero attached hydrogens (tertiary/aromatic N) is 3. The first-order valence-electron chi connectivity index (χ1n) is 25.6. The second kappa shape index (κ2) is 17.2. The zero-order chi connectivity index (χ0) is 49.6. The van der Waals surface area contributed by atoms with Crippen molar-refractivity contribution < 1.29 is 0 Å². The Morgan fingerprint density at radius 3 is 1.15 bits per heavy atom. The van der Waals surface area contributed by atoms with Gasteiger partial charge in [-0.2, -0.15) is 0 Å². The van der Waals surface area contributed by atoms with E-state index >= 15 is 0 Å². The van der Waals surface area contributed by atoms with E-state index < -0.39 is 8.07 Å². The smallest absolute Gasteiger partial charge is 0.179 e. The summed E-state index contributed by atoms with van der Waals surface area (Å²) in [6.07, 6.45) is 0. The number of rotatable bonds is 7. The Labute approximate surface area is 434 Å². The first-order valence-corrected chi connectivity index (χ1v) is 28.4. The van der Waals surface area contributed by atoms with E-state index in [1.54, 1.807) is 0 Å². The molecule has 0 aliphatic carbocycles. The molecule has 2 aromatic heterocycles. The van der Waals surface area contributed by atoms with Crippen LogP contribution in [-0.4, -0.2) is 17.2 Å². The lowest BCUT2D eigenvalue weighted by Gasteiger charge is -2.37. The van der Waals surface area contributed by atoms with Crippen molar-refractivity contribution in [3.8, 4) is 11.4 Å². The summed E-state index contributed by atoms with van der Waals surface area (Å²) in [7, 11) is -2.84. The monoisotopic (exact) mass is 975 g/mol. The minimum absolute atomic E-state index is 0.0182. The Hall–Kier alpha value is -7.83. The van der Waals surface area contributed by atoms with Gasteiger partial charge in [0.2, 0.25) is 0 Å². The Bertz CT molecular complexity index is 3860. The normalized spacial score (nSPS) is 13.0. The van der Waals surface area contributed by atoms with E-state index in [-0.39, 0.29) is 10.8 Å². The van der Waals surface area contributed by atoms with Crippen LogP contribution in [0.1, 0.15) is 52.7 Å². The molecule has 13 rings (SSSR count). The van der Waals surface area contributed by atoms with Crippen LogP contribution in [0.15, 0.2) is 246 Å². The number of anilines is 3. The third-order valence-corrected chi connectivity index (χ3v) is 21.2. The quantitative estimate of drug-likeness (QED) is 0.117. The fraction of sp³-hybridized carbons (Fsp3) is 0.118. The second-order valence-electron chi connectivity index (χ2n) is 21.8. The molecule has 0 radical (unpaired) electrons. The van der Waals surface area contributed by atoms with Gasteiger partial charge in [0.05, 0.1) is 33.4 Å². The van der Waals surface area contributed by atoms with Crippen molar-refractivity contribution >= 4 is 101 Å². The number of para-hydroxylation sites is 2. The molecule has 0 saturated carbocycles. The summed E-state index contributed by atoms with van der Waals surface area (Å²) in [6, 6.07) is 89.4. The fourth-order valence-electron chi connectivity index (χ4n) is 11.7. The van der Waals surface area contributed by atoms with Crippen LogP contribution in [0.5, 0.6) is 0 Å². The highest BCUT2D eigenvalue weighted by Crippen LogP contribution is 2.53. The van der Waals surface area contributed by atoms with Gasteiger partial charge in [0.1, 0.15) is 0 Å². The maximum atomic E-state index is 2.53. The third kappa shape index (κ3) is 7.31. The van der Waals surface area contributed by atoms with Crippen molar-refractivity contribution in [3.63, 3.8) is 0 Å². The molecule has 12 aromatic rings. The van der Waals surface area contributed by atoms with Gasteiger partial charge in [0.15, 0.2) is 8.07 Å². The van der Waals surface area contributed by atoms with Crippen molar-refractivity contribution in [1.29, 1.82) is 0 Å². The van der Waals surface area contributed by atoms with E-state index in [4.69, 9.17) is 0 Å². The molecule has 1 aliphatic rings. The summed E-state index contributed by atoms with van der Waals surface area (Å²) < 4.78 is 4.94. The van der Waals surface area contributed by atoms with Crippen LogP contribution in [0.25, 0.3) is 55.0 Å². The predicted octanol–water partition coefficient (Wildman–Crippen LogP) is 15.8. The third-order valence-electron chi connectivity index (χ3n) is 15.3. The molecule has 0 bridgehead atoms. The van der Waals surface area contributed by atoms with Crippen LogP contribution in [-0.2, 0) is 10.8 Å². The van der Waals surface area contributed by atoms with E-state index in [1.165, 1.54) is 96.7 Å². The molecule has 0 fully saturated rings.